The van der Waals surface area contributed by atoms with Gasteiger partial charge >= 0.3 is 0 Å². The number of benzene rings is 2. The molecular formula is C15H13ClN2O. The lowest BCUT2D eigenvalue weighted by Gasteiger charge is -2.16. The summed E-state index contributed by atoms with van der Waals surface area (Å²) in [6.45, 7) is 2.01. The summed E-state index contributed by atoms with van der Waals surface area (Å²) >= 11 is 5.89. The number of nitrogens with zero attached hydrogens (tertiary/aromatic N) is 1. The number of phenols is 1. The van der Waals surface area contributed by atoms with E-state index in [2.05, 4.69) is 11.4 Å². The van der Waals surface area contributed by atoms with Crippen molar-refractivity contribution in [3.63, 3.8) is 0 Å². The van der Waals surface area contributed by atoms with Crippen LogP contribution < -0.4 is 5.32 Å². The van der Waals surface area contributed by atoms with Crippen LogP contribution in [0.2, 0.25) is 5.02 Å². The van der Waals surface area contributed by atoms with Gasteiger partial charge in [0.25, 0.3) is 0 Å². The average molecular weight is 273 g/mol. The molecule has 1 unspecified atom stereocenters. The first-order valence-corrected chi connectivity index (χ1v) is 6.23. The Labute approximate surface area is 117 Å². The third kappa shape index (κ3) is 3.18. The number of halogens is 1. The smallest absolute Gasteiger partial charge is 0.115 e. The number of nitriles is 1. The van der Waals surface area contributed by atoms with E-state index in [0.29, 0.717) is 10.6 Å². The Morgan fingerprint density at radius 1 is 1.21 bits per heavy atom. The summed E-state index contributed by atoms with van der Waals surface area (Å²) in [6, 6.07) is 14.4. The molecule has 4 heteroatoms. The van der Waals surface area contributed by atoms with Gasteiger partial charge in [-0.25, -0.2) is 0 Å². The molecule has 2 aromatic carbocycles. The Morgan fingerprint density at radius 3 is 2.53 bits per heavy atom. The Morgan fingerprint density at radius 2 is 1.89 bits per heavy atom. The summed E-state index contributed by atoms with van der Waals surface area (Å²) in [6.07, 6.45) is 0. The van der Waals surface area contributed by atoms with Gasteiger partial charge in [0.15, 0.2) is 0 Å². The monoisotopic (exact) mass is 272 g/mol. The van der Waals surface area contributed by atoms with Crippen molar-refractivity contribution in [2.24, 2.45) is 0 Å². The van der Waals surface area contributed by atoms with Gasteiger partial charge in [0.1, 0.15) is 11.8 Å². The number of hydrogen-bond acceptors (Lipinski definition) is 3. The maximum absolute atomic E-state index is 9.26. The normalized spacial score (nSPS) is 11.6. The van der Waals surface area contributed by atoms with E-state index in [1.165, 1.54) is 0 Å². The van der Waals surface area contributed by atoms with Gasteiger partial charge in [-0.15, -0.1) is 0 Å². The molecule has 2 rings (SSSR count). The molecule has 0 heterocycles. The molecule has 0 aliphatic rings. The lowest BCUT2D eigenvalue weighted by atomic mass is 10.1. The van der Waals surface area contributed by atoms with Crippen molar-refractivity contribution < 1.29 is 5.11 Å². The molecule has 3 nitrogen and oxygen atoms in total. The molecule has 0 bridgehead atoms. The van der Waals surface area contributed by atoms with Crippen molar-refractivity contribution in [3.05, 3.63) is 58.6 Å². The molecule has 19 heavy (non-hydrogen) atoms. The molecule has 2 aromatic rings. The molecule has 0 amide bonds. The van der Waals surface area contributed by atoms with Gasteiger partial charge in [-0.3, -0.25) is 0 Å². The SMILES string of the molecule is CC(Nc1ccc(Cl)c(C#N)c1)c1ccc(O)cc1. The minimum atomic E-state index is 0.0633. The van der Waals surface area contributed by atoms with Crippen molar-refractivity contribution in [2.75, 3.05) is 5.32 Å². The fraction of sp³-hybridized carbons (Fsp3) is 0.133. The minimum absolute atomic E-state index is 0.0633. The van der Waals surface area contributed by atoms with E-state index in [1.807, 2.05) is 25.1 Å². The molecule has 0 saturated heterocycles. The van der Waals surface area contributed by atoms with E-state index in [4.69, 9.17) is 16.9 Å². The first-order chi connectivity index (χ1) is 9.10. The third-order valence-electron chi connectivity index (χ3n) is 2.86. The van der Waals surface area contributed by atoms with Crippen LogP contribution in [0, 0.1) is 11.3 Å². The van der Waals surface area contributed by atoms with Crippen molar-refractivity contribution in [1.82, 2.24) is 0 Å². The number of hydrogen-bond donors (Lipinski definition) is 2. The van der Waals surface area contributed by atoms with Gasteiger partial charge < -0.3 is 10.4 Å². The van der Waals surface area contributed by atoms with Crippen molar-refractivity contribution in [3.8, 4) is 11.8 Å². The van der Waals surface area contributed by atoms with Gasteiger partial charge in [-0.1, -0.05) is 23.7 Å². The molecule has 0 aliphatic carbocycles. The van der Waals surface area contributed by atoms with Crippen molar-refractivity contribution in [2.45, 2.75) is 13.0 Å². The first-order valence-electron chi connectivity index (χ1n) is 5.85. The zero-order valence-electron chi connectivity index (χ0n) is 10.4. The number of nitrogens with one attached hydrogen (secondary N) is 1. The van der Waals surface area contributed by atoms with Crippen molar-refractivity contribution >= 4 is 17.3 Å². The van der Waals surface area contributed by atoms with E-state index in [1.54, 1.807) is 24.3 Å². The van der Waals surface area contributed by atoms with Crippen LogP contribution in [0.25, 0.3) is 0 Å². The molecule has 0 radical (unpaired) electrons. The van der Waals surface area contributed by atoms with Crippen LogP contribution in [-0.2, 0) is 0 Å². The fourth-order valence-electron chi connectivity index (χ4n) is 1.80. The maximum atomic E-state index is 9.26. The molecule has 0 aliphatic heterocycles. The van der Waals surface area contributed by atoms with Gasteiger partial charge in [0.2, 0.25) is 0 Å². The van der Waals surface area contributed by atoms with Crippen LogP contribution in [0.5, 0.6) is 5.75 Å². The van der Waals surface area contributed by atoms with Crippen molar-refractivity contribution in [1.29, 1.82) is 5.26 Å². The summed E-state index contributed by atoms with van der Waals surface area (Å²) in [5.74, 6) is 0.245. The van der Waals surface area contributed by atoms with Crippen LogP contribution in [-0.4, -0.2) is 5.11 Å². The Bertz CT molecular complexity index is 617. The predicted molar refractivity (Wildman–Crippen MR) is 76.3 cm³/mol. The molecule has 0 aromatic heterocycles. The summed E-state index contributed by atoms with van der Waals surface area (Å²) in [4.78, 5) is 0. The average Bonchev–Trinajstić information content (AvgIpc) is 2.41. The van der Waals surface area contributed by atoms with E-state index < -0.39 is 0 Å². The summed E-state index contributed by atoms with van der Waals surface area (Å²) in [5, 5.41) is 21.9. The zero-order chi connectivity index (χ0) is 13.8. The lowest BCUT2D eigenvalue weighted by Crippen LogP contribution is -2.06. The summed E-state index contributed by atoms with van der Waals surface area (Å²) < 4.78 is 0. The highest BCUT2D eigenvalue weighted by Gasteiger charge is 2.07. The summed E-state index contributed by atoms with van der Waals surface area (Å²) in [7, 11) is 0. The highest BCUT2D eigenvalue weighted by Crippen LogP contribution is 2.24. The number of rotatable bonds is 3. The molecule has 2 N–H and O–H groups in total. The molecule has 96 valence electrons. The van der Waals surface area contributed by atoms with E-state index in [0.717, 1.165) is 11.3 Å². The van der Waals surface area contributed by atoms with Crippen LogP contribution >= 0.6 is 11.6 Å². The highest BCUT2D eigenvalue weighted by atomic mass is 35.5. The minimum Gasteiger partial charge on any atom is -0.508 e. The van der Waals surface area contributed by atoms with E-state index in [9.17, 15) is 5.11 Å². The molecular weight excluding hydrogens is 260 g/mol. The quantitative estimate of drug-likeness (QED) is 0.885. The fourth-order valence-corrected chi connectivity index (χ4v) is 1.96. The molecule has 1 atom stereocenters. The largest absolute Gasteiger partial charge is 0.508 e. The van der Waals surface area contributed by atoms with Gasteiger partial charge in [-0.05, 0) is 42.8 Å². The van der Waals surface area contributed by atoms with Gasteiger partial charge in [0, 0.05) is 11.7 Å². The van der Waals surface area contributed by atoms with Crippen LogP contribution in [0.1, 0.15) is 24.1 Å². The van der Waals surface area contributed by atoms with Crippen LogP contribution in [0.4, 0.5) is 5.69 Å². The van der Waals surface area contributed by atoms with E-state index >= 15 is 0 Å². The predicted octanol–water partition coefficient (Wildman–Crippen LogP) is 4.09. The first kappa shape index (κ1) is 13.3. The standard InChI is InChI=1S/C15H13ClN2O/c1-10(11-2-5-14(19)6-3-11)18-13-4-7-15(16)12(8-13)9-17/h2-8,10,18-19H,1H3. The molecule has 0 fully saturated rings. The number of phenolic OH excluding ortho intramolecular Hbond substituents is 1. The second-order valence-electron chi connectivity index (χ2n) is 4.26. The number of anilines is 1. The highest BCUT2D eigenvalue weighted by molar-refractivity contribution is 6.31. The maximum Gasteiger partial charge on any atom is 0.115 e. The second-order valence-corrected chi connectivity index (χ2v) is 4.67. The van der Waals surface area contributed by atoms with Crippen LogP contribution in [0.15, 0.2) is 42.5 Å². The molecule has 0 spiro atoms. The Hall–Kier alpha value is -2.18. The van der Waals surface area contributed by atoms with Crippen LogP contribution in [0.3, 0.4) is 0 Å². The van der Waals surface area contributed by atoms with Gasteiger partial charge in [-0.2, -0.15) is 5.26 Å². The van der Waals surface area contributed by atoms with E-state index in [-0.39, 0.29) is 11.8 Å². The Kier molecular flexibility index (Phi) is 3.94. The Balaban J connectivity index is 2.17. The summed E-state index contributed by atoms with van der Waals surface area (Å²) in [5.41, 5.74) is 2.33. The number of aromatic hydroxyl groups is 1. The zero-order valence-corrected chi connectivity index (χ0v) is 11.1. The molecule has 0 saturated carbocycles. The topological polar surface area (TPSA) is 56.0 Å². The third-order valence-corrected chi connectivity index (χ3v) is 3.19. The lowest BCUT2D eigenvalue weighted by molar-refractivity contribution is 0.475. The van der Waals surface area contributed by atoms with Gasteiger partial charge in [0.05, 0.1) is 10.6 Å². The second kappa shape index (κ2) is 5.64.